The molecule has 0 unspecified atom stereocenters. The lowest BCUT2D eigenvalue weighted by molar-refractivity contribution is -0.138. The molecule has 3 heterocycles. The Balaban J connectivity index is 1.60. The number of hydrogen-bond donors (Lipinski definition) is 0. The van der Waals surface area contributed by atoms with Crippen molar-refractivity contribution in [3.05, 3.63) is 29.7 Å². The van der Waals surface area contributed by atoms with Crippen LogP contribution < -0.4 is 0 Å². The molecule has 1 saturated heterocycles. The maximum absolute atomic E-state index is 13.0. The van der Waals surface area contributed by atoms with E-state index in [-0.39, 0.29) is 17.9 Å². The summed E-state index contributed by atoms with van der Waals surface area (Å²) >= 11 is 0. The lowest BCUT2D eigenvalue weighted by Crippen LogP contribution is -2.51. The lowest BCUT2D eigenvalue weighted by atomic mass is 10.0. The summed E-state index contributed by atoms with van der Waals surface area (Å²) in [5.41, 5.74) is 2.10. The Bertz CT molecular complexity index is 681. The van der Waals surface area contributed by atoms with Crippen LogP contribution in [-0.4, -0.2) is 61.8 Å². The minimum Gasteiger partial charge on any atom is -0.361 e. The van der Waals surface area contributed by atoms with Crippen molar-refractivity contribution in [1.82, 2.24) is 29.7 Å². The molecule has 0 N–H and O–H groups in total. The molecular weight excluding hydrogens is 320 g/mol. The Hall–Kier alpha value is -2.22. The van der Waals surface area contributed by atoms with Crippen LogP contribution in [0, 0.1) is 19.8 Å². The summed E-state index contributed by atoms with van der Waals surface area (Å²) in [5, 5.41) is 8.18. The average molecular weight is 346 g/mol. The van der Waals surface area contributed by atoms with Crippen molar-refractivity contribution in [2.75, 3.05) is 26.2 Å². The summed E-state index contributed by atoms with van der Waals surface area (Å²) in [4.78, 5) is 21.2. The van der Waals surface area contributed by atoms with E-state index in [1.807, 2.05) is 32.6 Å². The predicted octanol–water partition coefficient (Wildman–Crippen LogP) is 1.42. The fraction of sp³-hybridized carbons (Fsp3) is 0.647. The zero-order valence-electron chi connectivity index (χ0n) is 15.3. The molecule has 0 aromatic carbocycles. The molecule has 0 bridgehead atoms. The largest absolute Gasteiger partial charge is 0.361 e. The van der Waals surface area contributed by atoms with Crippen LogP contribution in [-0.2, 0) is 11.3 Å². The zero-order valence-corrected chi connectivity index (χ0v) is 15.3. The molecule has 1 amide bonds. The first kappa shape index (κ1) is 17.6. The maximum atomic E-state index is 13.0. The lowest BCUT2D eigenvalue weighted by Gasteiger charge is -2.37. The van der Waals surface area contributed by atoms with Crippen molar-refractivity contribution in [1.29, 1.82) is 0 Å². The number of hydrogen-bond acceptors (Lipinski definition) is 6. The van der Waals surface area contributed by atoms with Crippen LogP contribution in [0.4, 0.5) is 0 Å². The third-order valence-corrected chi connectivity index (χ3v) is 4.85. The molecule has 0 aliphatic carbocycles. The second-order valence-electron chi connectivity index (χ2n) is 6.97. The molecule has 1 atom stereocenters. The highest BCUT2D eigenvalue weighted by Gasteiger charge is 2.31. The zero-order chi connectivity index (χ0) is 18.0. The predicted molar refractivity (Wildman–Crippen MR) is 91.7 cm³/mol. The number of piperazine rings is 1. The summed E-state index contributed by atoms with van der Waals surface area (Å²) in [6, 6.07) is -0.295. The fourth-order valence-corrected chi connectivity index (χ4v) is 3.33. The third-order valence-electron chi connectivity index (χ3n) is 4.85. The van der Waals surface area contributed by atoms with Crippen LogP contribution >= 0.6 is 0 Å². The van der Waals surface area contributed by atoms with Gasteiger partial charge in [-0.1, -0.05) is 19.0 Å². The smallest absolute Gasteiger partial charge is 0.247 e. The molecule has 1 aliphatic heterocycles. The minimum atomic E-state index is -0.295. The normalized spacial score (nSPS) is 17.2. The van der Waals surface area contributed by atoms with E-state index in [2.05, 4.69) is 20.1 Å². The van der Waals surface area contributed by atoms with E-state index in [1.54, 1.807) is 11.0 Å². The van der Waals surface area contributed by atoms with Gasteiger partial charge in [0.25, 0.3) is 0 Å². The van der Waals surface area contributed by atoms with Gasteiger partial charge >= 0.3 is 0 Å². The van der Waals surface area contributed by atoms with Crippen LogP contribution in [0.15, 0.2) is 17.2 Å². The van der Waals surface area contributed by atoms with E-state index in [4.69, 9.17) is 4.52 Å². The fourth-order valence-electron chi connectivity index (χ4n) is 3.33. The summed E-state index contributed by atoms with van der Waals surface area (Å²) in [6.07, 6.45) is 3.10. The molecule has 2 aromatic rings. The highest BCUT2D eigenvalue weighted by molar-refractivity contribution is 5.80. The minimum absolute atomic E-state index is 0.123. The van der Waals surface area contributed by atoms with Gasteiger partial charge in [-0.25, -0.2) is 9.67 Å². The molecule has 3 rings (SSSR count). The monoisotopic (exact) mass is 346 g/mol. The topological polar surface area (TPSA) is 80.3 Å². The van der Waals surface area contributed by atoms with Crippen molar-refractivity contribution in [3.63, 3.8) is 0 Å². The summed E-state index contributed by atoms with van der Waals surface area (Å²) in [5.74, 6) is 1.16. The van der Waals surface area contributed by atoms with Crippen molar-refractivity contribution in [2.45, 2.75) is 40.3 Å². The van der Waals surface area contributed by atoms with E-state index in [9.17, 15) is 4.79 Å². The Labute approximate surface area is 147 Å². The van der Waals surface area contributed by atoms with Crippen molar-refractivity contribution < 1.29 is 9.32 Å². The molecule has 0 radical (unpaired) electrons. The van der Waals surface area contributed by atoms with Crippen molar-refractivity contribution in [2.24, 2.45) is 5.92 Å². The number of amides is 1. The van der Waals surface area contributed by atoms with Gasteiger partial charge in [-0.15, -0.1) is 0 Å². The SMILES string of the molecule is Cc1noc(C)c1CN1CCN(C(=O)[C@H](C(C)C)n2cncn2)CC1. The number of aromatic nitrogens is 4. The van der Waals surface area contributed by atoms with Crippen LogP contribution in [0.25, 0.3) is 0 Å². The van der Waals surface area contributed by atoms with Gasteiger partial charge in [0.2, 0.25) is 5.91 Å². The third kappa shape index (κ3) is 3.73. The molecule has 2 aromatic heterocycles. The van der Waals surface area contributed by atoms with Gasteiger partial charge < -0.3 is 9.42 Å². The molecular formula is C17H26N6O2. The van der Waals surface area contributed by atoms with E-state index >= 15 is 0 Å². The number of nitrogens with zero attached hydrogens (tertiary/aromatic N) is 6. The standard InChI is InChI=1S/C17H26N6O2/c1-12(2)16(23-11-18-10-19-23)17(24)22-7-5-21(6-8-22)9-15-13(3)20-25-14(15)4/h10-12,16H,5-9H2,1-4H3/t16-/m0/s1. The van der Waals surface area contributed by atoms with Crippen LogP contribution in [0.3, 0.4) is 0 Å². The summed E-state index contributed by atoms with van der Waals surface area (Å²) < 4.78 is 6.91. The van der Waals surface area contributed by atoms with Gasteiger partial charge in [-0.3, -0.25) is 9.69 Å². The maximum Gasteiger partial charge on any atom is 0.247 e. The van der Waals surface area contributed by atoms with Gasteiger partial charge in [-0.2, -0.15) is 5.10 Å². The molecule has 1 aliphatic rings. The first-order valence-corrected chi connectivity index (χ1v) is 8.74. The summed E-state index contributed by atoms with van der Waals surface area (Å²) in [7, 11) is 0. The number of rotatable bonds is 5. The molecule has 0 saturated carbocycles. The Morgan fingerprint density at radius 1 is 1.24 bits per heavy atom. The molecule has 0 spiro atoms. The Morgan fingerprint density at radius 3 is 2.48 bits per heavy atom. The van der Waals surface area contributed by atoms with E-state index in [1.165, 1.54) is 6.33 Å². The van der Waals surface area contributed by atoms with Crippen molar-refractivity contribution in [3.8, 4) is 0 Å². The number of aryl methyl sites for hydroxylation is 2. The van der Waals surface area contributed by atoms with Gasteiger partial charge in [-0.05, 0) is 19.8 Å². The quantitative estimate of drug-likeness (QED) is 0.815. The van der Waals surface area contributed by atoms with Gasteiger partial charge in [0, 0.05) is 38.3 Å². The summed E-state index contributed by atoms with van der Waals surface area (Å²) in [6.45, 7) is 11.9. The van der Waals surface area contributed by atoms with Gasteiger partial charge in [0.05, 0.1) is 5.69 Å². The second kappa shape index (κ2) is 7.35. The van der Waals surface area contributed by atoms with Gasteiger partial charge in [0.15, 0.2) is 0 Å². The highest BCUT2D eigenvalue weighted by atomic mass is 16.5. The molecule has 136 valence electrons. The first-order chi connectivity index (χ1) is 12.0. The van der Waals surface area contributed by atoms with Crippen LogP contribution in [0.1, 0.15) is 36.9 Å². The molecule has 25 heavy (non-hydrogen) atoms. The molecule has 1 fully saturated rings. The molecule has 8 nitrogen and oxygen atoms in total. The Morgan fingerprint density at radius 2 is 1.96 bits per heavy atom. The van der Waals surface area contributed by atoms with E-state index in [0.29, 0.717) is 0 Å². The highest BCUT2D eigenvalue weighted by Crippen LogP contribution is 2.21. The van der Waals surface area contributed by atoms with E-state index in [0.717, 1.165) is 49.7 Å². The number of carbonyl (C=O) groups is 1. The van der Waals surface area contributed by atoms with E-state index < -0.39 is 0 Å². The number of carbonyl (C=O) groups excluding carboxylic acids is 1. The average Bonchev–Trinajstić information content (AvgIpc) is 3.21. The van der Waals surface area contributed by atoms with Crippen LogP contribution in [0.5, 0.6) is 0 Å². The van der Waals surface area contributed by atoms with Crippen molar-refractivity contribution >= 4 is 5.91 Å². The first-order valence-electron chi connectivity index (χ1n) is 8.74. The molecule has 8 heteroatoms. The second-order valence-corrected chi connectivity index (χ2v) is 6.97. The van der Waals surface area contributed by atoms with Gasteiger partial charge in [0.1, 0.15) is 24.5 Å². The van der Waals surface area contributed by atoms with Crippen LogP contribution in [0.2, 0.25) is 0 Å². The Kier molecular flexibility index (Phi) is 5.17.